The summed E-state index contributed by atoms with van der Waals surface area (Å²) >= 11 is 0. The van der Waals surface area contributed by atoms with Crippen LogP contribution in [0, 0.1) is 30.0 Å². The Morgan fingerprint density at radius 1 is 1.67 bits per heavy atom. The first-order chi connectivity index (χ1) is 7.14. The third-order valence-corrected chi connectivity index (χ3v) is 3.21. The highest BCUT2D eigenvalue weighted by Gasteiger charge is 2.55. The van der Waals surface area contributed by atoms with Crippen LogP contribution in [-0.2, 0) is 5.41 Å². The molecule has 0 aliphatic heterocycles. The standard InChI is InChI=1S/C12H12FNO/c1-8-2-3-9(4-11(8)13)12(7-14)5-10(12)6-15/h2-4,10,15H,5-6H2,1H3/t10-,12?/m0/s1. The van der Waals surface area contributed by atoms with Gasteiger partial charge >= 0.3 is 0 Å². The van der Waals surface area contributed by atoms with E-state index in [9.17, 15) is 4.39 Å². The molecule has 1 aliphatic carbocycles. The average Bonchev–Trinajstić information content (AvgIpc) is 2.97. The first-order valence-electron chi connectivity index (χ1n) is 4.93. The molecule has 2 rings (SSSR count). The van der Waals surface area contributed by atoms with Crippen molar-refractivity contribution in [3.63, 3.8) is 0 Å². The molecule has 2 atom stereocenters. The molecule has 3 heteroatoms. The van der Waals surface area contributed by atoms with Crippen LogP contribution < -0.4 is 0 Å². The number of aliphatic hydroxyl groups is 1. The quantitative estimate of drug-likeness (QED) is 0.801. The Labute approximate surface area is 88.0 Å². The molecule has 0 bridgehead atoms. The van der Waals surface area contributed by atoms with Gasteiger partial charge in [-0.3, -0.25) is 0 Å². The van der Waals surface area contributed by atoms with Crippen LogP contribution in [0.25, 0.3) is 0 Å². The summed E-state index contributed by atoms with van der Waals surface area (Å²) in [5, 5.41) is 18.1. The summed E-state index contributed by atoms with van der Waals surface area (Å²) in [5.41, 5.74) is 0.615. The SMILES string of the molecule is Cc1ccc(C2(C#N)C[C@H]2CO)cc1F. The van der Waals surface area contributed by atoms with Crippen molar-refractivity contribution >= 4 is 0 Å². The summed E-state index contributed by atoms with van der Waals surface area (Å²) in [5.74, 6) is -0.324. The van der Waals surface area contributed by atoms with E-state index in [1.165, 1.54) is 6.07 Å². The maximum absolute atomic E-state index is 13.3. The van der Waals surface area contributed by atoms with Crippen molar-refractivity contribution in [3.8, 4) is 6.07 Å². The molecule has 1 aromatic carbocycles. The van der Waals surface area contributed by atoms with Gasteiger partial charge in [-0.2, -0.15) is 5.26 Å². The second kappa shape index (κ2) is 3.32. The van der Waals surface area contributed by atoms with Crippen molar-refractivity contribution in [1.29, 1.82) is 5.26 Å². The second-order valence-electron chi connectivity index (χ2n) is 4.13. The van der Waals surface area contributed by atoms with Crippen molar-refractivity contribution in [1.82, 2.24) is 0 Å². The van der Waals surface area contributed by atoms with Crippen molar-refractivity contribution in [3.05, 3.63) is 35.1 Å². The fourth-order valence-electron chi connectivity index (χ4n) is 1.98. The van der Waals surface area contributed by atoms with Gasteiger partial charge in [-0.15, -0.1) is 0 Å². The molecule has 0 heterocycles. The third kappa shape index (κ3) is 1.42. The number of rotatable bonds is 2. The minimum Gasteiger partial charge on any atom is -0.396 e. The molecule has 15 heavy (non-hydrogen) atoms. The molecule has 1 fully saturated rings. The van der Waals surface area contributed by atoms with Gasteiger partial charge in [0.2, 0.25) is 0 Å². The van der Waals surface area contributed by atoms with E-state index < -0.39 is 5.41 Å². The Balaban J connectivity index is 2.39. The Hall–Kier alpha value is -1.40. The van der Waals surface area contributed by atoms with Gasteiger partial charge < -0.3 is 5.11 Å². The lowest BCUT2D eigenvalue weighted by atomic mass is 9.94. The van der Waals surface area contributed by atoms with E-state index in [0.29, 0.717) is 17.5 Å². The van der Waals surface area contributed by atoms with Crippen molar-refractivity contribution in [2.75, 3.05) is 6.61 Å². The first kappa shape index (κ1) is 10.1. The molecule has 0 spiro atoms. The van der Waals surface area contributed by atoms with E-state index in [1.807, 2.05) is 0 Å². The minimum atomic E-state index is -0.650. The number of hydrogen-bond acceptors (Lipinski definition) is 2. The van der Waals surface area contributed by atoms with Crippen LogP contribution >= 0.6 is 0 Å². The van der Waals surface area contributed by atoms with Crippen molar-refractivity contribution < 1.29 is 9.50 Å². The molecule has 2 nitrogen and oxygen atoms in total. The monoisotopic (exact) mass is 205 g/mol. The van der Waals surface area contributed by atoms with Gasteiger partial charge in [-0.05, 0) is 30.5 Å². The third-order valence-electron chi connectivity index (χ3n) is 3.21. The zero-order chi connectivity index (χ0) is 11.1. The highest BCUT2D eigenvalue weighted by atomic mass is 19.1. The van der Waals surface area contributed by atoms with Gasteiger partial charge in [0.05, 0.1) is 11.5 Å². The minimum absolute atomic E-state index is 0.0109. The number of nitriles is 1. The summed E-state index contributed by atoms with van der Waals surface area (Å²) in [7, 11) is 0. The van der Waals surface area contributed by atoms with Gasteiger partial charge in [-0.25, -0.2) is 4.39 Å². The lowest BCUT2D eigenvalue weighted by Gasteiger charge is -2.09. The Bertz CT molecular complexity index is 438. The molecular formula is C12H12FNO. The molecule has 1 N–H and O–H groups in total. The number of benzene rings is 1. The number of aryl methyl sites for hydroxylation is 1. The van der Waals surface area contributed by atoms with Crippen LogP contribution in [-0.4, -0.2) is 11.7 Å². The summed E-state index contributed by atoms with van der Waals surface area (Å²) in [6, 6.07) is 7.05. The van der Waals surface area contributed by atoms with E-state index in [-0.39, 0.29) is 18.3 Å². The van der Waals surface area contributed by atoms with Crippen LogP contribution in [0.1, 0.15) is 17.5 Å². The predicted octanol–water partition coefficient (Wildman–Crippen LogP) is 1.91. The molecule has 0 aromatic heterocycles. The van der Waals surface area contributed by atoms with Crippen LogP contribution in [0.5, 0.6) is 0 Å². The Kier molecular flexibility index (Phi) is 2.24. The average molecular weight is 205 g/mol. The van der Waals surface area contributed by atoms with Gasteiger partial charge in [0.25, 0.3) is 0 Å². The lowest BCUT2D eigenvalue weighted by molar-refractivity contribution is 0.269. The van der Waals surface area contributed by atoms with Crippen LogP contribution in [0.3, 0.4) is 0 Å². The van der Waals surface area contributed by atoms with Gasteiger partial charge in [0.1, 0.15) is 5.82 Å². The fourth-order valence-corrected chi connectivity index (χ4v) is 1.98. The molecule has 1 unspecified atom stereocenters. The van der Waals surface area contributed by atoms with Crippen LogP contribution in [0.4, 0.5) is 4.39 Å². The second-order valence-corrected chi connectivity index (χ2v) is 4.13. The van der Waals surface area contributed by atoms with Crippen LogP contribution in [0.15, 0.2) is 18.2 Å². The normalized spacial score (nSPS) is 28.5. The van der Waals surface area contributed by atoms with Gasteiger partial charge in [-0.1, -0.05) is 12.1 Å². The summed E-state index contributed by atoms with van der Waals surface area (Å²) in [6.45, 7) is 1.68. The van der Waals surface area contributed by atoms with E-state index in [1.54, 1.807) is 19.1 Å². The Morgan fingerprint density at radius 2 is 2.40 bits per heavy atom. The van der Waals surface area contributed by atoms with Gasteiger partial charge in [0.15, 0.2) is 0 Å². The molecule has 0 amide bonds. The molecule has 1 saturated carbocycles. The first-order valence-corrected chi connectivity index (χ1v) is 4.93. The molecule has 1 aromatic rings. The topological polar surface area (TPSA) is 44.0 Å². The maximum atomic E-state index is 13.3. The smallest absolute Gasteiger partial charge is 0.126 e. The highest BCUT2D eigenvalue weighted by Crippen LogP contribution is 2.53. The molecule has 78 valence electrons. The zero-order valence-electron chi connectivity index (χ0n) is 8.50. The largest absolute Gasteiger partial charge is 0.396 e. The van der Waals surface area contributed by atoms with E-state index >= 15 is 0 Å². The van der Waals surface area contributed by atoms with Crippen molar-refractivity contribution in [2.45, 2.75) is 18.8 Å². The van der Waals surface area contributed by atoms with E-state index in [4.69, 9.17) is 10.4 Å². The van der Waals surface area contributed by atoms with E-state index in [0.717, 1.165) is 0 Å². The molecular weight excluding hydrogens is 193 g/mol. The van der Waals surface area contributed by atoms with Crippen molar-refractivity contribution in [2.24, 2.45) is 5.92 Å². The molecule has 0 radical (unpaired) electrons. The predicted molar refractivity (Wildman–Crippen MR) is 53.6 cm³/mol. The van der Waals surface area contributed by atoms with Crippen LogP contribution in [0.2, 0.25) is 0 Å². The summed E-state index contributed by atoms with van der Waals surface area (Å²) in [6.07, 6.45) is 0.627. The lowest BCUT2D eigenvalue weighted by Crippen LogP contribution is -2.09. The number of hydrogen-bond donors (Lipinski definition) is 1. The molecule has 0 saturated heterocycles. The number of aliphatic hydroxyl groups excluding tert-OH is 1. The summed E-state index contributed by atoms with van der Waals surface area (Å²) < 4.78 is 13.3. The maximum Gasteiger partial charge on any atom is 0.126 e. The highest BCUT2D eigenvalue weighted by molar-refractivity contribution is 5.42. The number of halogens is 1. The zero-order valence-corrected chi connectivity index (χ0v) is 8.50. The van der Waals surface area contributed by atoms with Gasteiger partial charge in [0, 0.05) is 12.5 Å². The number of nitrogens with zero attached hydrogens (tertiary/aromatic N) is 1. The molecule has 1 aliphatic rings. The van der Waals surface area contributed by atoms with E-state index in [2.05, 4.69) is 6.07 Å². The Morgan fingerprint density at radius 3 is 2.87 bits per heavy atom. The summed E-state index contributed by atoms with van der Waals surface area (Å²) in [4.78, 5) is 0. The fraction of sp³-hybridized carbons (Fsp3) is 0.417.